The van der Waals surface area contributed by atoms with E-state index in [2.05, 4.69) is 10.2 Å². The molecule has 2 aromatic carbocycles. The monoisotopic (exact) mass is 395 g/mol. The van der Waals surface area contributed by atoms with Crippen LogP contribution in [-0.2, 0) is 5.75 Å². The normalized spacial score (nSPS) is 10.8. The second kappa shape index (κ2) is 7.35. The predicted octanol–water partition coefficient (Wildman–Crippen LogP) is 3.38. The highest BCUT2D eigenvalue weighted by atomic mass is 35.5. The molecule has 0 saturated carbocycles. The van der Waals surface area contributed by atoms with Crippen molar-refractivity contribution in [1.82, 2.24) is 10.2 Å². The van der Waals surface area contributed by atoms with Crippen LogP contribution in [0.4, 0.5) is 0 Å². The topological polar surface area (TPSA) is 95.9 Å². The fraction of sp³-hybridized carbons (Fsp3) is 0.0625. The smallest absolute Gasteiger partial charge is 0.358 e. The van der Waals surface area contributed by atoms with Crippen LogP contribution in [0.2, 0.25) is 10.0 Å². The van der Waals surface area contributed by atoms with Crippen molar-refractivity contribution in [2.24, 2.45) is 0 Å². The number of carbonyl (C=O) groups is 1. The molecular formula is C16H13Cl2N4O2S+. The number of benzene rings is 2. The Morgan fingerprint density at radius 3 is 2.60 bits per heavy atom. The van der Waals surface area contributed by atoms with Gasteiger partial charge in [-0.1, -0.05) is 35.3 Å². The van der Waals surface area contributed by atoms with Crippen molar-refractivity contribution in [2.75, 3.05) is 5.84 Å². The molecule has 128 valence electrons. The third-order valence-electron chi connectivity index (χ3n) is 3.46. The molecule has 0 bridgehead atoms. The Hall–Kier alpha value is -2.22. The summed E-state index contributed by atoms with van der Waals surface area (Å²) in [6, 6.07) is 11.8. The second-order valence-electron chi connectivity index (χ2n) is 5.14. The van der Waals surface area contributed by atoms with Crippen LogP contribution in [0.25, 0.3) is 11.4 Å². The van der Waals surface area contributed by atoms with Crippen LogP contribution >= 0.6 is 35.0 Å². The number of H-pyrrole nitrogens is 1. The fourth-order valence-corrected chi connectivity index (χ4v) is 3.50. The third kappa shape index (κ3) is 3.89. The van der Waals surface area contributed by atoms with Gasteiger partial charge >= 0.3 is 11.1 Å². The average Bonchev–Trinajstić information content (AvgIpc) is 2.94. The molecule has 6 nitrogen and oxygen atoms in total. The molecule has 25 heavy (non-hydrogen) atoms. The highest BCUT2D eigenvalue weighted by Crippen LogP contribution is 2.28. The molecule has 1 aromatic heterocycles. The van der Waals surface area contributed by atoms with Gasteiger partial charge in [0.2, 0.25) is 0 Å². The zero-order chi connectivity index (χ0) is 18.0. The number of nitrogens with one attached hydrogen (secondary N) is 1. The lowest BCUT2D eigenvalue weighted by atomic mass is 10.1. The Kier molecular flexibility index (Phi) is 5.17. The maximum absolute atomic E-state index is 10.9. The van der Waals surface area contributed by atoms with Crippen molar-refractivity contribution >= 4 is 40.9 Å². The Morgan fingerprint density at radius 1 is 1.24 bits per heavy atom. The van der Waals surface area contributed by atoms with Crippen LogP contribution in [-0.4, -0.2) is 21.3 Å². The molecule has 0 unspecified atom stereocenters. The first-order valence-corrected chi connectivity index (χ1v) is 8.86. The number of aromatic amines is 1. The first kappa shape index (κ1) is 17.6. The van der Waals surface area contributed by atoms with Crippen molar-refractivity contribution in [3.05, 3.63) is 63.6 Å². The summed E-state index contributed by atoms with van der Waals surface area (Å²) < 4.78 is 1.42. The molecular weight excluding hydrogens is 383 g/mol. The number of carboxylic acids is 1. The minimum Gasteiger partial charge on any atom is -0.478 e. The predicted molar refractivity (Wildman–Crippen MR) is 97.4 cm³/mol. The average molecular weight is 396 g/mol. The summed E-state index contributed by atoms with van der Waals surface area (Å²) in [4.78, 5) is 10.9. The molecule has 3 rings (SSSR count). The number of thioether (sulfide) groups is 1. The number of hydrogen-bond acceptors (Lipinski definition) is 4. The number of nitrogen functional groups attached to an aromatic ring is 1. The Bertz CT molecular complexity index is 928. The summed E-state index contributed by atoms with van der Waals surface area (Å²) >= 11 is 13.5. The van der Waals surface area contributed by atoms with Gasteiger partial charge in [-0.05, 0) is 47.7 Å². The van der Waals surface area contributed by atoms with Gasteiger partial charge in [-0.25, -0.2) is 4.79 Å². The van der Waals surface area contributed by atoms with E-state index in [-0.39, 0.29) is 5.56 Å². The molecule has 0 fully saturated rings. The van der Waals surface area contributed by atoms with Gasteiger partial charge in [0.15, 0.2) is 0 Å². The Balaban J connectivity index is 1.76. The number of carboxylic acid groups (broad SMARTS) is 1. The summed E-state index contributed by atoms with van der Waals surface area (Å²) in [7, 11) is 0. The van der Waals surface area contributed by atoms with Gasteiger partial charge in [0.1, 0.15) is 0 Å². The quantitative estimate of drug-likeness (QED) is 0.349. The zero-order valence-corrected chi connectivity index (χ0v) is 15.1. The minimum atomic E-state index is -0.948. The van der Waals surface area contributed by atoms with Gasteiger partial charge in [-0.3, -0.25) is 5.84 Å². The van der Waals surface area contributed by atoms with E-state index >= 15 is 0 Å². The van der Waals surface area contributed by atoms with E-state index in [0.717, 1.165) is 5.56 Å². The molecule has 0 radical (unpaired) electrons. The molecule has 0 aliphatic carbocycles. The molecule has 0 atom stereocenters. The molecule has 0 spiro atoms. The van der Waals surface area contributed by atoms with E-state index < -0.39 is 5.97 Å². The maximum Gasteiger partial charge on any atom is 0.358 e. The highest BCUT2D eigenvalue weighted by molar-refractivity contribution is 7.98. The van der Waals surface area contributed by atoms with Gasteiger partial charge in [0.05, 0.1) is 21.2 Å². The lowest BCUT2D eigenvalue weighted by molar-refractivity contribution is -0.666. The SMILES string of the molecule is N[n+]1c(SCc2ccc(C(=O)O)cc2)n[nH]c1-c1ccc(Cl)cc1Cl. The lowest BCUT2D eigenvalue weighted by Gasteiger charge is -2.01. The summed E-state index contributed by atoms with van der Waals surface area (Å²) in [5, 5.41) is 17.6. The summed E-state index contributed by atoms with van der Waals surface area (Å²) in [6.45, 7) is 0. The molecule has 9 heteroatoms. The number of halogens is 2. The van der Waals surface area contributed by atoms with Crippen molar-refractivity contribution in [3.63, 3.8) is 0 Å². The highest BCUT2D eigenvalue weighted by Gasteiger charge is 2.22. The number of nitrogens with two attached hydrogens (primary N) is 1. The van der Waals surface area contributed by atoms with Crippen LogP contribution in [0.5, 0.6) is 0 Å². The standard InChI is InChI=1S/C16H12Cl2N4O2S/c17-11-5-6-12(13(18)7-11)14-20-21-16(22(14)19)25-8-9-1-3-10(4-2-9)15(23)24/h1-7H,8,19H2,(H,23,24)/p+1. The molecule has 4 N–H and O–H groups in total. The number of rotatable bonds is 5. The van der Waals surface area contributed by atoms with Crippen molar-refractivity contribution in [1.29, 1.82) is 0 Å². The van der Waals surface area contributed by atoms with Gasteiger partial charge in [-0.15, -0.1) is 9.77 Å². The zero-order valence-electron chi connectivity index (χ0n) is 12.7. The van der Waals surface area contributed by atoms with Crippen molar-refractivity contribution in [2.45, 2.75) is 10.9 Å². The molecule has 3 aromatic rings. The van der Waals surface area contributed by atoms with Gasteiger partial charge in [0.25, 0.3) is 5.82 Å². The maximum atomic E-state index is 10.9. The molecule has 0 aliphatic heterocycles. The van der Waals surface area contributed by atoms with Gasteiger partial charge < -0.3 is 5.11 Å². The van der Waals surface area contributed by atoms with E-state index in [1.165, 1.54) is 16.4 Å². The fourth-order valence-electron chi connectivity index (χ4n) is 2.17. The van der Waals surface area contributed by atoms with Crippen LogP contribution < -0.4 is 10.5 Å². The van der Waals surface area contributed by atoms with Crippen LogP contribution in [0.15, 0.2) is 47.6 Å². The number of aromatic carboxylic acids is 1. The summed E-state index contributed by atoms with van der Waals surface area (Å²) in [5.41, 5.74) is 1.91. The van der Waals surface area contributed by atoms with Crippen LogP contribution in [0.3, 0.4) is 0 Å². The van der Waals surface area contributed by atoms with E-state index in [9.17, 15) is 4.79 Å². The largest absolute Gasteiger partial charge is 0.478 e. The number of nitrogens with zero attached hydrogens (tertiary/aromatic N) is 2. The Morgan fingerprint density at radius 2 is 1.96 bits per heavy atom. The second-order valence-corrected chi connectivity index (χ2v) is 6.93. The van der Waals surface area contributed by atoms with E-state index in [4.69, 9.17) is 34.2 Å². The van der Waals surface area contributed by atoms with Gasteiger partial charge in [-0.2, -0.15) is 0 Å². The van der Waals surface area contributed by atoms with Gasteiger partial charge in [0, 0.05) is 10.8 Å². The van der Waals surface area contributed by atoms with Crippen molar-refractivity contribution in [3.8, 4) is 11.4 Å². The Labute approximate surface area is 157 Å². The minimum absolute atomic E-state index is 0.252. The first-order valence-electron chi connectivity index (χ1n) is 7.11. The number of hydrogen-bond donors (Lipinski definition) is 3. The third-order valence-corrected chi connectivity index (χ3v) is 5.03. The molecule has 0 aliphatic rings. The van der Waals surface area contributed by atoms with Crippen molar-refractivity contribution < 1.29 is 14.6 Å². The lowest BCUT2D eigenvalue weighted by Crippen LogP contribution is -2.47. The number of aromatic nitrogens is 3. The molecule has 1 heterocycles. The first-order chi connectivity index (χ1) is 12.0. The molecule has 0 amide bonds. The van der Waals surface area contributed by atoms with E-state index in [1.807, 2.05) is 0 Å². The van der Waals surface area contributed by atoms with Crippen LogP contribution in [0.1, 0.15) is 15.9 Å². The van der Waals surface area contributed by atoms with Crippen LogP contribution in [0, 0.1) is 0 Å². The summed E-state index contributed by atoms with van der Waals surface area (Å²) in [6.07, 6.45) is 0. The van der Waals surface area contributed by atoms with E-state index in [1.54, 1.807) is 42.5 Å². The summed E-state index contributed by atoms with van der Waals surface area (Å²) in [5.74, 6) is 6.31. The molecule has 0 saturated heterocycles. The van der Waals surface area contributed by atoms with E-state index in [0.29, 0.717) is 32.3 Å².